The van der Waals surface area contributed by atoms with E-state index in [-0.39, 0.29) is 5.54 Å². The highest BCUT2D eigenvalue weighted by atomic mass is 127. The molecule has 0 aliphatic carbocycles. The molecule has 0 heterocycles. The lowest BCUT2D eigenvalue weighted by Gasteiger charge is -2.31. The van der Waals surface area contributed by atoms with Crippen LogP contribution in [0.1, 0.15) is 44.6 Å². The van der Waals surface area contributed by atoms with Crippen LogP contribution in [0.15, 0.2) is 42.5 Å². The van der Waals surface area contributed by atoms with E-state index >= 15 is 0 Å². The maximum atomic E-state index is 3.58. The third kappa shape index (κ3) is 6.96. The summed E-state index contributed by atoms with van der Waals surface area (Å²) in [6, 6.07) is 12.3. The normalized spacial score (nSPS) is 15.1. The monoisotopic (exact) mass is 429 g/mol. The van der Waals surface area contributed by atoms with Crippen LogP contribution in [0.25, 0.3) is 0 Å². The Labute approximate surface area is 152 Å². The minimum atomic E-state index is -0.915. The van der Waals surface area contributed by atoms with Crippen LogP contribution in [0, 0.1) is 0 Å². The Balaban J connectivity index is 2.81. The van der Waals surface area contributed by atoms with Crippen LogP contribution in [-0.2, 0) is 5.54 Å². The Bertz CT molecular complexity index is 438. The molecule has 0 amide bonds. The molecule has 0 spiro atoms. The van der Waals surface area contributed by atoms with E-state index in [4.69, 9.17) is 0 Å². The maximum Gasteiger partial charge on any atom is 0.0706 e. The van der Waals surface area contributed by atoms with Gasteiger partial charge in [0.2, 0.25) is 0 Å². The number of hydrogen-bond acceptors (Lipinski definition) is 1. The van der Waals surface area contributed by atoms with Gasteiger partial charge in [-0.25, -0.2) is 3.53 Å². The highest BCUT2D eigenvalue weighted by molar-refractivity contribution is 14.1. The number of allylic oxidation sites excluding steroid dienone is 1. The van der Waals surface area contributed by atoms with Gasteiger partial charge in [0.15, 0.2) is 0 Å². The fourth-order valence-electron chi connectivity index (χ4n) is 2.70. The third-order valence-electron chi connectivity index (χ3n) is 4.06. The molecule has 0 radical (unpaired) electrons. The third-order valence-corrected chi connectivity index (χ3v) is 6.88. The molecule has 1 aromatic carbocycles. The standard InChI is InChI=1S/C19H32INSi/c1-5-6-10-15-19(21-20,18-13-8-7-9-14-18)16-11-12-17-22(2,3)4/h7-10,13-15,21H,5-6,11-12,16-17H2,1-4H3/b15-10+. The average molecular weight is 429 g/mol. The predicted octanol–water partition coefficient (Wildman–Crippen LogP) is 6.69. The highest BCUT2D eigenvalue weighted by Gasteiger charge is 2.27. The van der Waals surface area contributed by atoms with Crippen LogP contribution in [0.3, 0.4) is 0 Å². The lowest BCUT2D eigenvalue weighted by Crippen LogP contribution is -2.34. The molecule has 1 aromatic rings. The Morgan fingerprint density at radius 2 is 1.82 bits per heavy atom. The zero-order valence-corrected chi connectivity index (χ0v) is 17.8. The van der Waals surface area contributed by atoms with Crippen molar-refractivity contribution in [1.82, 2.24) is 3.53 Å². The zero-order valence-electron chi connectivity index (χ0n) is 14.7. The average Bonchev–Trinajstić information content (AvgIpc) is 2.50. The van der Waals surface area contributed by atoms with Crippen LogP contribution in [0.5, 0.6) is 0 Å². The SMILES string of the molecule is CCC/C=C/C(CCCC[Si](C)(C)C)(NI)c1ccccc1. The molecule has 1 atom stereocenters. The van der Waals surface area contributed by atoms with Crippen LogP contribution in [-0.4, -0.2) is 8.07 Å². The molecule has 3 heteroatoms. The molecule has 0 saturated carbocycles. The van der Waals surface area contributed by atoms with E-state index < -0.39 is 8.07 Å². The van der Waals surface area contributed by atoms with E-state index in [0.29, 0.717) is 0 Å². The Hall–Kier alpha value is -0.133. The lowest BCUT2D eigenvalue weighted by atomic mass is 9.85. The van der Waals surface area contributed by atoms with Crippen LogP contribution in [0.2, 0.25) is 25.7 Å². The van der Waals surface area contributed by atoms with Crippen molar-refractivity contribution in [3.8, 4) is 0 Å². The van der Waals surface area contributed by atoms with E-state index in [1.807, 2.05) is 0 Å². The molecule has 0 aromatic heterocycles. The molecular weight excluding hydrogens is 397 g/mol. The molecule has 0 aliphatic rings. The maximum absolute atomic E-state index is 3.58. The van der Waals surface area contributed by atoms with Gasteiger partial charge in [0.1, 0.15) is 0 Å². The molecular formula is C19H32INSi. The molecule has 1 N–H and O–H groups in total. The summed E-state index contributed by atoms with van der Waals surface area (Å²) in [7, 11) is -0.915. The fraction of sp³-hybridized carbons (Fsp3) is 0.579. The second-order valence-corrected chi connectivity index (χ2v) is 13.6. The van der Waals surface area contributed by atoms with E-state index in [1.165, 1.54) is 37.3 Å². The largest absolute Gasteiger partial charge is 0.247 e. The molecule has 22 heavy (non-hydrogen) atoms. The molecule has 0 fully saturated rings. The van der Waals surface area contributed by atoms with Crippen LogP contribution in [0.4, 0.5) is 0 Å². The molecule has 124 valence electrons. The zero-order chi connectivity index (χ0) is 16.5. The van der Waals surface area contributed by atoms with Crippen molar-refractivity contribution in [1.29, 1.82) is 0 Å². The van der Waals surface area contributed by atoms with Gasteiger partial charge in [0.25, 0.3) is 0 Å². The van der Waals surface area contributed by atoms with Gasteiger partial charge in [0, 0.05) is 30.9 Å². The first kappa shape index (κ1) is 19.9. The van der Waals surface area contributed by atoms with Crippen molar-refractivity contribution in [2.45, 2.75) is 70.3 Å². The van der Waals surface area contributed by atoms with Crippen molar-refractivity contribution in [2.75, 3.05) is 0 Å². The predicted molar refractivity (Wildman–Crippen MR) is 111 cm³/mol. The van der Waals surface area contributed by atoms with E-state index in [9.17, 15) is 0 Å². The number of rotatable bonds is 10. The Morgan fingerprint density at radius 3 is 2.36 bits per heavy atom. The summed E-state index contributed by atoms with van der Waals surface area (Å²) in [4.78, 5) is 0. The lowest BCUT2D eigenvalue weighted by molar-refractivity contribution is 0.463. The molecule has 1 nitrogen and oxygen atoms in total. The van der Waals surface area contributed by atoms with Gasteiger partial charge in [-0.15, -0.1) is 0 Å². The van der Waals surface area contributed by atoms with Crippen molar-refractivity contribution < 1.29 is 0 Å². The molecule has 0 saturated heterocycles. The van der Waals surface area contributed by atoms with Crippen molar-refractivity contribution in [3.05, 3.63) is 48.0 Å². The molecule has 1 rings (SSSR count). The van der Waals surface area contributed by atoms with Gasteiger partial charge in [0.05, 0.1) is 5.54 Å². The van der Waals surface area contributed by atoms with Crippen LogP contribution < -0.4 is 3.53 Å². The number of hydrogen-bond donors (Lipinski definition) is 1. The summed E-state index contributed by atoms with van der Waals surface area (Å²) in [5.74, 6) is 0. The quantitative estimate of drug-likeness (QED) is 0.144. The second-order valence-electron chi connectivity index (χ2n) is 7.39. The summed E-state index contributed by atoms with van der Waals surface area (Å²) in [6.07, 6.45) is 10.9. The first-order valence-corrected chi connectivity index (χ1v) is 13.3. The number of unbranched alkanes of at least 4 members (excludes halogenated alkanes) is 2. The number of nitrogens with one attached hydrogen (secondary N) is 1. The first-order valence-electron chi connectivity index (χ1n) is 8.54. The van der Waals surface area contributed by atoms with Gasteiger partial charge in [-0.2, -0.15) is 0 Å². The van der Waals surface area contributed by atoms with Crippen LogP contribution >= 0.6 is 22.9 Å². The van der Waals surface area contributed by atoms with Crippen molar-refractivity contribution in [3.63, 3.8) is 0 Å². The number of benzene rings is 1. The highest BCUT2D eigenvalue weighted by Crippen LogP contribution is 2.31. The van der Waals surface area contributed by atoms with Crippen molar-refractivity contribution in [2.24, 2.45) is 0 Å². The van der Waals surface area contributed by atoms with Gasteiger partial charge in [-0.05, 0) is 18.4 Å². The fourth-order valence-corrected chi connectivity index (χ4v) is 4.77. The first-order chi connectivity index (χ1) is 10.4. The van der Waals surface area contributed by atoms with E-state index in [2.05, 4.69) is 95.4 Å². The smallest absolute Gasteiger partial charge is 0.0706 e. The van der Waals surface area contributed by atoms with E-state index in [0.717, 1.165) is 6.42 Å². The summed E-state index contributed by atoms with van der Waals surface area (Å²) in [5, 5.41) is 0. The molecule has 0 aliphatic heterocycles. The molecule has 0 bridgehead atoms. The summed E-state index contributed by atoms with van der Waals surface area (Å²) >= 11 is 2.33. The van der Waals surface area contributed by atoms with Gasteiger partial charge < -0.3 is 0 Å². The summed E-state index contributed by atoms with van der Waals surface area (Å²) in [5.41, 5.74) is 1.36. The van der Waals surface area contributed by atoms with Crippen molar-refractivity contribution >= 4 is 30.9 Å². The Morgan fingerprint density at radius 1 is 1.14 bits per heavy atom. The van der Waals surface area contributed by atoms with Gasteiger partial charge in [-0.3, -0.25) is 0 Å². The Kier molecular flexibility index (Phi) is 8.95. The minimum Gasteiger partial charge on any atom is -0.247 e. The summed E-state index contributed by atoms with van der Waals surface area (Å²) in [6.45, 7) is 9.64. The van der Waals surface area contributed by atoms with Gasteiger partial charge >= 0.3 is 0 Å². The summed E-state index contributed by atoms with van der Waals surface area (Å²) < 4.78 is 3.58. The van der Waals surface area contributed by atoms with E-state index in [1.54, 1.807) is 0 Å². The second kappa shape index (κ2) is 9.88. The van der Waals surface area contributed by atoms with Gasteiger partial charge in [-0.1, -0.05) is 94.4 Å². The minimum absolute atomic E-state index is 0.0174. The number of halogens is 1. The molecule has 1 unspecified atom stereocenters. The topological polar surface area (TPSA) is 12.0 Å².